The Morgan fingerprint density at radius 2 is 1.88 bits per heavy atom. The molecule has 1 amide bonds. The number of fused-ring (bicyclic) bond motifs is 1. The standard InChI is InChI=1S/C13H17N3O/c14-13(17)11-3-1-2-4-12(11)16-7-9-5-15-6-10(9)8-16/h1-4,9-10,15H,5-8H2,(H2,14,17)/t9-,10+. The molecule has 4 nitrogen and oxygen atoms in total. The van der Waals surface area contributed by atoms with Crippen molar-refractivity contribution >= 4 is 11.6 Å². The van der Waals surface area contributed by atoms with Crippen molar-refractivity contribution in [1.29, 1.82) is 0 Å². The van der Waals surface area contributed by atoms with E-state index >= 15 is 0 Å². The van der Waals surface area contributed by atoms with Crippen molar-refractivity contribution in [3.8, 4) is 0 Å². The molecule has 0 aromatic heterocycles. The number of nitrogens with one attached hydrogen (secondary N) is 1. The summed E-state index contributed by atoms with van der Waals surface area (Å²) < 4.78 is 0. The molecule has 17 heavy (non-hydrogen) atoms. The Hall–Kier alpha value is -1.55. The molecule has 0 unspecified atom stereocenters. The molecule has 4 heteroatoms. The largest absolute Gasteiger partial charge is 0.370 e. The van der Waals surface area contributed by atoms with Gasteiger partial charge in [-0.25, -0.2) is 0 Å². The lowest BCUT2D eigenvalue weighted by atomic mass is 10.0. The second kappa shape index (κ2) is 4.04. The number of benzene rings is 1. The van der Waals surface area contributed by atoms with Gasteiger partial charge in [-0.1, -0.05) is 12.1 Å². The summed E-state index contributed by atoms with van der Waals surface area (Å²) >= 11 is 0. The zero-order valence-electron chi connectivity index (χ0n) is 9.73. The number of hydrogen-bond acceptors (Lipinski definition) is 3. The maximum atomic E-state index is 11.4. The first-order chi connectivity index (χ1) is 8.25. The molecule has 2 fully saturated rings. The van der Waals surface area contributed by atoms with E-state index in [4.69, 9.17) is 5.73 Å². The van der Waals surface area contributed by atoms with Crippen LogP contribution in [0.25, 0.3) is 0 Å². The SMILES string of the molecule is NC(=O)c1ccccc1N1C[C@H]2CNC[C@H]2C1. The molecule has 2 aliphatic rings. The number of anilines is 1. The lowest BCUT2D eigenvalue weighted by Crippen LogP contribution is -2.27. The van der Waals surface area contributed by atoms with E-state index in [1.165, 1.54) is 0 Å². The zero-order valence-corrected chi connectivity index (χ0v) is 9.73. The maximum absolute atomic E-state index is 11.4. The Morgan fingerprint density at radius 3 is 2.53 bits per heavy atom. The van der Waals surface area contributed by atoms with Gasteiger partial charge >= 0.3 is 0 Å². The van der Waals surface area contributed by atoms with Gasteiger partial charge in [0.2, 0.25) is 0 Å². The van der Waals surface area contributed by atoms with Crippen molar-refractivity contribution in [2.24, 2.45) is 17.6 Å². The number of carbonyl (C=O) groups excluding carboxylic acids is 1. The van der Waals surface area contributed by atoms with Crippen LogP contribution in [0.3, 0.4) is 0 Å². The zero-order chi connectivity index (χ0) is 11.8. The van der Waals surface area contributed by atoms with Gasteiger partial charge in [0.25, 0.3) is 5.91 Å². The fraction of sp³-hybridized carbons (Fsp3) is 0.462. The summed E-state index contributed by atoms with van der Waals surface area (Å²) in [6, 6.07) is 7.63. The lowest BCUT2D eigenvalue weighted by molar-refractivity contribution is 0.100. The molecule has 2 saturated heterocycles. The normalized spacial score (nSPS) is 27.2. The molecule has 0 bridgehead atoms. The van der Waals surface area contributed by atoms with Crippen LogP contribution in [0.1, 0.15) is 10.4 Å². The predicted octanol–water partition coefficient (Wildman–Crippen LogP) is 0.441. The quantitative estimate of drug-likeness (QED) is 0.776. The molecule has 2 heterocycles. The minimum absolute atomic E-state index is 0.337. The smallest absolute Gasteiger partial charge is 0.250 e. The van der Waals surface area contributed by atoms with E-state index in [0.29, 0.717) is 5.56 Å². The van der Waals surface area contributed by atoms with Crippen LogP contribution in [0.5, 0.6) is 0 Å². The number of nitrogens with zero attached hydrogens (tertiary/aromatic N) is 1. The van der Waals surface area contributed by atoms with Gasteiger partial charge in [0.05, 0.1) is 5.56 Å². The molecule has 1 aromatic rings. The molecule has 2 atom stereocenters. The van der Waals surface area contributed by atoms with Crippen LogP contribution in [0.2, 0.25) is 0 Å². The van der Waals surface area contributed by atoms with E-state index in [2.05, 4.69) is 10.2 Å². The van der Waals surface area contributed by atoms with Crippen molar-refractivity contribution in [1.82, 2.24) is 5.32 Å². The fourth-order valence-electron chi connectivity index (χ4n) is 3.01. The number of carbonyl (C=O) groups is 1. The monoisotopic (exact) mass is 231 g/mol. The van der Waals surface area contributed by atoms with Crippen molar-refractivity contribution in [2.45, 2.75) is 0 Å². The third-order valence-corrected chi connectivity index (χ3v) is 3.90. The summed E-state index contributed by atoms with van der Waals surface area (Å²) in [6.07, 6.45) is 0. The van der Waals surface area contributed by atoms with Gasteiger partial charge in [-0.05, 0) is 24.0 Å². The molecule has 0 spiro atoms. The molecule has 1 aromatic carbocycles. The molecule has 3 rings (SSSR count). The van der Waals surface area contributed by atoms with E-state index in [9.17, 15) is 4.79 Å². The summed E-state index contributed by atoms with van der Waals surface area (Å²) in [4.78, 5) is 13.7. The molecule has 90 valence electrons. The van der Waals surface area contributed by atoms with Crippen molar-refractivity contribution in [3.05, 3.63) is 29.8 Å². The number of rotatable bonds is 2. The third-order valence-electron chi connectivity index (χ3n) is 3.90. The number of hydrogen-bond donors (Lipinski definition) is 2. The highest BCUT2D eigenvalue weighted by Gasteiger charge is 2.36. The fourth-order valence-corrected chi connectivity index (χ4v) is 3.01. The second-order valence-electron chi connectivity index (χ2n) is 4.96. The highest BCUT2D eigenvalue weighted by Crippen LogP contribution is 2.32. The molecule has 2 aliphatic heterocycles. The topological polar surface area (TPSA) is 58.4 Å². The van der Waals surface area contributed by atoms with E-state index in [1.807, 2.05) is 24.3 Å². The van der Waals surface area contributed by atoms with Crippen LogP contribution in [0.4, 0.5) is 5.69 Å². The number of amides is 1. The van der Waals surface area contributed by atoms with Crippen LogP contribution in [0, 0.1) is 11.8 Å². The average Bonchev–Trinajstić information content (AvgIpc) is 2.88. The van der Waals surface area contributed by atoms with Crippen LogP contribution in [-0.2, 0) is 0 Å². The summed E-state index contributed by atoms with van der Waals surface area (Å²) in [5.41, 5.74) is 7.05. The highest BCUT2D eigenvalue weighted by atomic mass is 16.1. The first-order valence-corrected chi connectivity index (χ1v) is 6.10. The Balaban J connectivity index is 1.88. The van der Waals surface area contributed by atoms with E-state index in [-0.39, 0.29) is 5.91 Å². The number of primary amides is 1. The summed E-state index contributed by atoms with van der Waals surface area (Å²) in [6.45, 7) is 4.25. The Labute approximate surface area is 101 Å². The van der Waals surface area contributed by atoms with Gasteiger partial charge in [0.1, 0.15) is 0 Å². The summed E-state index contributed by atoms with van der Waals surface area (Å²) in [7, 11) is 0. The number of para-hydroxylation sites is 1. The minimum atomic E-state index is -0.337. The van der Waals surface area contributed by atoms with Crippen LogP contribution >= 0.6 is 0 Å². The Morgan fingerprint density at radius 1 is 1.24 bits per heavy atom. The first-order valence-electron chi connectivity index (χ1n) is 6.10. The lowest BCUT2D eigenvalue weighted by Gasteiger charge is -2.21. The van der Waals surface area contributed by atoms with Gasteiger partial charge in [-0.3, -0.25) is 4.79 Å². The molecule has 0 radical (unpaired) electrons. The van der Waals surface area contributed by atoms with Crippen LogP contribution < -0.4 is 16.0 Å². The highest BCUT2D eigenvalue weighted by molar-refractivity contribution is 5.98. The van der Waals surface area contributed by atoms with Gasteiger partial charge in [0, 0.05) is 31.9 Å². The molecule has 0 saturated carbocycles. The molecule has 0 aliphatic carbocycles. The number of nitrogens with two attached hydrogens (primary N) is 1. The van der Waals surface area contributed by atoms with E-state index < -0.39 is 0 Å². The van der Waals surface area contributed by atoms with E-state index in [1.54, 1.807) is 0 Å². The first kappa shape index (κ1) is 10.6. The summed E-state index contributed by atoms with van der Waals surface area (Å²) in [5, 5.41) is 3.42. The second-order valence-corrected chi connectivity index (χ2v) is 4.96. The maximum Gasteiger partial charge on any atom is 0.250 e. The van der Waals surface area contributed by atoms with Crippen molar-refractivity contribution < 1.29 is 4.79 Å². The van der Waals surface area contributed by atoms with Crippen molar-refractivity contribution in [3.63, 3.8) is 0 Å². The van der Waals surface area contributed by atoms with Gasteiger partial charge in [0.15, 0.2) is 0 Å². The molecular weight excluding hydrogens is 214 g/mol. The van der Waals surface area contributed by atoms with Crippen molar-refractivity contribution in [2.75, 3.05) is 31.1 Å². The Kier molecular flexibility index (Phi) is 2.52. The summed E-state index contributed by atoms with van der Waals surface area (Å²) in [5.74, 6) is 1.10. The van der Waals surface area contributed by atoms with Gasteiger partial charge in [-0.15, -0.1) is 0 Å². The van der Waals surface area contributed by atoms with Crippen LogP contribution in [-0.4, -0.2) is 32.1 Å². The minimum Gasteiger partial charge on any atom is -0.370 e. The van der Waals surface area contributed by atoms with Crippen LogP contribution in [0.15, 0.2) is 24.3 Å². The van der Waals surface area contributed by atoms with E-state index in [0.717, 1.165) is 43.7 Å². The predicted molar refractivity (Wildman–Crippen MR) is 67.0 cm³/mol. The Bertz CT molecular complexity index is 434. The molecular formula is C13H17N3O. The van der Waals surface area contributed by atoms with Gasteiger partial charge in [-0.2, -0.15) is 0 Å². The average molecular weight is 231 g/mol. The van der Waals surface area contributed by atoms with Gasteiger partial charge < -0.3 is 16.0 Å². The third kappa shape index (κ3) is 1.78. The molecule has 3 N–H and O–H groups in total.